The van der Waals surface area contributed by atoms with E-state index in [-0.39, 0.29) is 36.0 Å². The third kappa shape index (κ3) is 4.48. The lowest BCUT2D eigenvalue weighted by Crippen LogP contribution is -2.37. The highest BCUT2D eigenvalue weighted by Gasteiger charge is 2.31. The Bertz CT molecular complexity index is 852. The van der Waals surface area contributed by atoms with E-state index in [1.807, 2.05) is 13.8 Å². The number of nitrogens with one attached hydrogen (secondary N) is 1. The molecule has 7 heteroatoms. The minimum absolute atomic E-state index is 0.0345. The predicted molar refractivity (Wildman–Crippen MR) is 98.5 cm³/mol. The minimum atomic E-state index is -0.308. The molecule has 27 heavy (non-hydrogen) atoms. The number of likely N-dealkylation sites (tertiary alicyclic amines) is 1. The molecule has 0 saturated carbocycles. The maximum Gasteiger partial charge on any atom is 0.254 e. The van der Waals surface area contributed by atoms with Crippen LogP contribution in [0.5, 0.6) is 0 Å². The van der Waals surface area contributed by atoms with Crippen molar-refractivity contribution < 1.29 is 14.0 Å². The molecule has 1 atom stereocenters. The number of aryl methyl sites for hydroxylation is 1. The van der Waals surface area contributed by atoms with Crippen molar-refractivity contribution in [1.29, 1.82) is 0 Å². The SMILES string of the molecule is Cc1nc(C(C)C)ncc1C(=O)N[C@@H]1CC(=O)N(Cc2ccc(F)cc2)C1. The Kier molecular flexibility index (Phi) is 5.48. The largest absolute Gasteiger partial charge is 0.347 e. The molecule has 1 aromatic carbocycles. The Labute approximate surface area is 157 Å². The van der Waals surface area contributed by atoms with Gasteiger partial charge in [0.15, 0.2) is 0 Å². The van der Waals surface area contributed by atoms with Gasteiger partial charge < -0.3 is 10.2 Å². The highest BCUT2D eigenvalue weighted by Crippen LogP contribution is 2.17. The second-order valence-electron chi connectivity index (χ2n) is 7.16. The van der Waals surface area contributed by atoms with Crippen molar-refractivity contribution in [2.24, 2.45) is 0 Å². The van der Waals surface area contributed by atoms with Crippen LogP contribution < -0.4 is 5.32 Å². The topological polar surface area (TPSA) is 75.2 Å². The molecule has 0 radical (unpaired) electrons. The molecule has 1 aromatic heterocycles. The highest BCUT2D eigenvalue weighted by molar-refractivity contribution is 5.95. The summed E-state index contributed by atoms with van der Waals surface area (Å²) >= 11 is 0. The molecule has 1 fully saturated rings. The van der Waals surface area contributed by atoms with Crippen molar-refractivity contribution in [2.45, 2.75) is 45.7 Å². The molecule has 1 N–H and O–H groups in total. The maximum atomic E-state index is 13.0. The Morgan fingerprint density at radius 1 is 1.33 bits per heavy atom. The van der Waals surface area contributed by atoms with Gasteiger partial charge in [0.1, 0.15) is 11.6 Å². The fourth-order valence-corrected chi connectivity index (χ4v) is 3.08. The molecule has 0 bridgehead atoms. The number of nitrogens with zero attached hydrogens (tertiary/aromatic N) is 3. The van der Waals surface area contributed by atoms with E-state index < -0.39 is 0 Å². The third-order valence-electron chi connectivity index (χ3n) is 4.60. The molecule has 1 aliphatic heterocycles. The van der Waals surface area contributed by atoms with E-state index >= 15 is 0 Å². The van der Waals surface area contributed by atoms with Gasteiger partial charge in [0.25, 0.3) is 5.91 Å². The molecule has 0 spiro atoms. The van der Waals surface area contributed by atoms with Crippen molar-refractivity contribution >= 4 is 11.8 Å². The number of hydrogen-bond donors (Lipinski definition) is 1. The van der Waals surface area contributed by atoms with Crippen LogP contribution in [0.25, 0.3) is 0 Å². The number of halogens is 1. The van der Waals surface area contributed by atoms with Crippen LogP contribution in [0.1, 0.15) is 53.6 Å². The Balaban J connectivity index is 1.62. The van der Waals surface area contributed by atoms with E-state index in [0.717, 1.165) is 5.56 Å². The average Bonchev–Trinajstić information content (AvgIpc) is 2.95. The van der Waals surface area contributed by atoms with Crippen molar-refractivity contribution in [3.05, 3.63) is 58.9 Å². The summed E-state index contributed by atoms with van der Waals surface area (Å²) in [6.07, 6.45) is 1.79. The van der Waals surface area contributed by atoms with Gasteiger partial charge in [-0.3, -0.25) is 9.59 Å². The first-order valence-electron chi connectivity index (χ1n) is 9.00. The first-order valence-corrected chi connectivity index (χ1v) is 9.00. The summed E-state index contributed by atoms with van der Waals surface area (Å²) in [4.78, 5) is 35.1. The van der Waals surface area contributed by atoms with Gasteiger partial charge in [0.2, 0.25) is 5.91 Å². The van der Waals surface area contributed by atoms with E-state index in [2.05, 4.69) is 15.3 Å². The van der Waals surface area contributed by atoms with Crippen molar-refractivity contribution in [1.82, 2.24) is 20.2 Å². The predicted octanol–water partition coefficient (Wildman–Crippen LogP) is 2.58. The van der Waals surface area contributed by atoms with Gasteiger partial charge in [-0.25, -0.2) is 14.4 Å². The first kappa shape index (κ1) is 18.9. The molecule has 1 saturated heterocycles. The normalized spacial score (nSPS) is 16.9. The van der Waals surface area contributed by atoms with Crippen LogP contribution in [-0.2, 0) is 11.3 Å². The fraction of sp³-hybridized carbons (Fsp3) is 0.400. The van der Waals surface area contributed by atoms with Crippen LogP contribution in [0.4, 0.5) is 4.39 Å². The summed E-state index contributed by atoms with van der Waals surface area (Å²) in [5.41, 5.74) is 1.90. The zero-order valence-corrected chi connectivity index (χ0v) is 15.7. The summed E-state index contributed by atoms with van der Waals surface area (Å²) in [5.74, 6) is 0.272. The van der Waals surface area contributed by atoms with Crippen LogP contribution in [-0.4, -0.2) is 39.3 Å². The lowest BCUT2D eigenvalue weighted by Gasteiger charge is -2.17. The molecular formula is C20H23FN4O2. The first-order chi connectivity index (χ1) is 12.8. The third-order valence-corrected chi connectivity index (χ3v) is 4.60. The second-order valence-corrected chi connectivity index (χ2v) is 7.16. The van der Waals surface area contributed by atoms with E-state index in [9.17, 15) is 14.0 Å². The number of aromatic nitrogens is 2. The van der Waals surface area contributed by atoms with Crippen molar-refractivity contribution in [2.75, 3.05) is 6.54 Å². The smallest absolute Gasteiger partial charge is 0.254 e. The standard InChI is InChI=1S/C20H23FN4O2/c1-12(2)19-22-9-17(13(3)23-19)20(27)24-16-8-18(26)25(11-16)10-14-4-6-15(21)7-5-14/h4-7,9,12,16H,8,10-11H2,1-3H3,(H,24,27)/t16-/m1/s1. The number of benzene rings is 1. The lowest BCUT2D eigenvalue weighted by molar-refractivity contribution is -0.128. The zero-order valence-electron chi connectivity index (χ0n) is 15.7. The van der Waals surface area contributed by atoms with Crippen LogP contribution in [0.3, 0.4) is 0 Å². The fourth-order valence-electron chi connectivity index (χ4n) is 3.08. The molecule has 3 rings (SSSR count). The molecule has 2 aromatic rings. The van der Waals surface area contributed by atoms with E-state index in [4.69, 9.17) is 0 Å². The van der Waals surface area contributed by atoms with E-state index in [1.165, 1.54) is 12.1 Å². The summed E-state index contributed by atoms with van der Waals surface area (Å²) in [7, 11) is 0. The van der Waals surface area contributed by atoms with E-state index in [1.54, 1.807) is 30.2 Å². The number of amides is 2. The van der Waals surface area contributed by atoms with Gasteiger partial charge in [0, 0.05) is 31.6 Å². The van der Waals surface area contributed by atoms with Crippen LogP contribution in [0, 0.1) is 12.7 Å². The molecular weight excluding hydrogens is 347 g/mol. The molecule has 2 heterocycles. The minimum Gasteiger partial charge on any atom is -0.347 e. The molecule has 0 unspecified atom stereocenters. The highest BCUT2D eigenvalue weighted by atomic mass is 19.1. The Morgan fingerprint density at radius 3 is 2.67 bits per heavy atom. The molecule has 2 amide bonds. The van der Waals surface area contributed by atoms with Gasteiger partial charge >= 0.3 is 0 Å². The van der Waals surface area contributed by atoms with Crippen LogP contribution in [0.2, 0.25) is 0 Å². The number of rotatable bonds is 5. The second kappa shape index (κ2) is 7.82. The zero-order chi connectivity index (χ0) is 19.6. The van der Waals surface area contributed by atoms with Gasteiger partial charge in [0.05, 0.1) is 17.3 Å². The van der Waals surface area contributed by atoms with Gasteiger partial charge in [-0.15, -0.1) is 0 Å². The van der Waals surface area contributed by atoms with E-state index in [0.29, 0.717) is 30.2 Å². The van der Waals surface area contributed by atoms with Crippen molar-refractivity contribution in [3.8, 4) is 0 Å². The van der Waals surface area contributed by atoms with Crippen molar-refractivity contribution in [3.63, 3.8) is 0 Å². The molecule has 142 valence electrons. The maximum absolute atomic E-state index is 13.0. The Morgan fingerprint density at radius 2 is 2.04 bits per heavy atom. The average molecular weight is 370 g/mol. The van der Waals surface area contributed by atoms with Crippen LogP contribution in [0.15, 0.2) is 30.5 Å². The van der Waals surface area contributed by atoms with Crippen LogP contribution >= 0.6 is 0 Å². The number of carbonyl (C=O) groups excluding carboxylic acids is 2. The monoisotopic (exact) mass is 370 g/mol. The van der Waals surface area contributed by atoms with Gasteiger partial charge in [-0.1, -0.05) is 26.0 Å². The molecule has 6 nitrogen and oxygen atoms in total. The summed E-state index contributed by atoms with van der Waals surface area (Å²) in [5, 5.41) is 2.90. The Hall–Kier alpha value is -2.83. The quantitative estimate of drug-likeness (QED) is 0.878. The van der Waals surface area contributed by atoms with Gasteiger partial charge in [-0.05, 0) is 24.6 Å². The summed E-state index contributed by atoms with van der Waals surface area (Å²) in [6, 6.07) is 5.80. The lowest BCUT2D eigenvalue weighted by atomic mass is 10.1. The number of carbonyl (C=O) groups is 2. The summed E-state index contributed by atoms with van der Waals surface area (Å²) < 4.78 is 13.0. The number of hydrogen-bond acceptors (Lipinski definition) is 4. The molecule has 1 aliphatic rings. The van der Waals surface area contributed by atoms with Gasteiger partial charge in [-0.2, -0.15) is 0 Å². The summed E-state index contributed by atoms with van der Waals surface area (Å²) in [6.45, 7) is 6.59. The molecule has 0 aliphatic carbocycles.